The van der Waals surface area contributed by atoms with E-state index in [2.05, 4.69) is 5.16 Å². The molecule has 13 heavy (non-hydrogen) atoms. The van der Waals surface area contributed by atoms with Gasteiger partial charge in [0.05, 0.1) is 11.1 Å². The van der Waals surface area contributed by atoms with E-state index in [0.29, 0.717) is 22.9 Å². The molecule has 0 atom stereocenters. The second kappa shape index (κ2) is 2.65. The lowest BCUT2D eigenvalue weighted by atomic mass is 10.1. The van der Waals surface area contributed by atoms with Gasteiger partial charge in [-0.05, 0) is 19.1 Å². The Hall–Kier alpha value is -1.71. The van der Waals surface area contributed by atoms with Gasteiger partial charge in [0.25, 0.3) is 0 Å². The van der Waals surface area contributed by atoms with Gasteiger partial charge in [0.1, 0.15) is 12.1 Å². The number of rotatable bonds is 1. The van der Waals surface area contributed by atoms with E-state index >= 15 is 0 Å². The molecule has 0 saturated carbocycles. The van der Waals surface area contributed by atoms with Gasteiger partial charge in [-0.25, -0.2) is 4.39 Å². The van der Waals surface area contributed by atoms with Crippen LogP contribution < -0.4 is 0 Å². The number of fused-ring (bicyclic) bond motifs is 1. The van der Waals surface area contributed by atoms with E-state index in [1.807, 2.05) is 0 Å². The van der Waals surface area contributed by atoms with Crippen molar-refractivity contribution < 1.29 is 13.7 Å². The summed E-state index contributed by atoms with van der Waals surface area (Å²) >= 11 is 0. The quantitative estimate of drug-likeness (QED) is 0.629. The van der Waals surface area contributed by atoms with Crippen LogP contribution in [0.15, 0.2) is 16.7 Å². The molecular weight excluding hydrogens is 173 g/mol. The third-order valence-electron chi connectivity index (χ3n) is 1.86. The first-order chi connectivity index (χ1) is 6.22. The minimum atomic E-state index is -0.474. The maximum Gasteiger partial charge on any atom is 0.170 e. The van der Waals surface area contributed by atoms with Crippen LogP contribution in [0.2, 0.25) is 0 Å². The fraction of sp³-hybridized carbons (Fsp3) is 0.111. The molecule has 0 spiro atoms. The highest BCUT2D eigenvalue weighted by atomic mass is 19.1. The number of carbonyl (C=O) groups excluding carboxylic acids is 1. The second-order valence-electron chi connectivity index (χ2n) is 2.76. The molecule has 0 aliphatic rings. The van der Waals surface area contributed by atoms with Crippen molar-refractivity contribution in [1.82, 2.24) is 5.16 Å². The molecule has 0 saturated heterocycles. The van der Waals surface area contributed by atoms with Crippen LogP contribution in [-0.4, -0.2) is 11.4 Å². The predicted octanol–water partition coefficient (Wildman–Crippen LogP) is 2.09. The summed E-state index contributed by atoms with van der Waals surface area (Å²) in [4.78, 5) is 10.4. The number of aromatic nitrogens is 1. The van der Waals surface area contributed by atoms with Crippen LogP contribution in [0.4, 0.5) is 4.39 Å². The Morgan fingerprint density at radius 3 is 3.00 bits per heavy atom. The minimum absolute atomic E-state index is 0.251. The smallest absolute Gasteiger partial charge is 0.170 e. The van der Waals surface area contributed by atoms with Gasteiger partial charge in [-0.2, -0.15) is 0 Å². The van der Waals surface area contributed by atoms with Crippen molar-refractivity contribution in [2.45, 2.75) is 6.92 Å². The van der Waals surface area contributed by atoms with Crippen LogP contribution in [0.1, 0.15) is 16.1 Å². The average Bonchev–Trinajstić information content (AvgIpc) is 2.48. The molecule has 1 aromatic heterocycles. The summed E-state index contributed by atoms with van der Waals surface area (Å²) in [6.07, 6.45) is 0.570. The molecule has 0 radical (unpaired) electrons. The van der Waals surface area contributed by atoms with E-state index in [4.69, 9.17) is 4.52 Å². The molecule has 0 unspecified atom stereocenters. The number of halogens is 1. The normalized spacial score (nSPS) is 10.6. The Kier molecular flexibility index (Phi) is 1.62. The predicted molar refractivity (Wildman–Crippen MR) is 44.1 cm³/mol. The van der Waals surface area contributed by atoms with Crippen LogP contribution in [0.5, 0.6) is 0 Å². The first-order valence-electron chi connectivity index (χ1n) is 3.73. The molecule has 4 heteroatoms. The molecule has 0 aliphatic carbocycles. The van der Waals surface area contributed by atoms with E-state index in [1.165, 1.54) is 12.1 Å². The first kappa shape index (κ1) is 7.91. The molecule has 0 bridgehead atoms. The van der Waals surface area contributed by atoms with Gasteiger partial charge in [0.2, 0.25) is 0 Å². The second-order valence-corrected chi connectivity index (χ2v) is 2.76. The van der Waals surface area contributed by atoms with Crippen LogP contribution in [0.3, 0.4) is 0 Å². The number of hydrogen-bond donors (Lipinski definition) is 0. The molecule has 0 fully saturated rings. The number of hydrogen-bond acceptors (Lipinski definition) is 3. The zero-order valence-electron chi connectivity index (χ0n) is 6.87. The van der Waals surface area contributed by atoms with Crippen LogP contribution in [0, 0.1) is 12.7 Å². The fourth-order valence-corrected chi connectivity index (χ4v) is 1.26. The van der Waals surface area contributed by atoms with Crippen molar-refractivity contribution in [3.05, 3.63) is 29.2 Å². The van der Waals surface area contributed by atoms with Crippen molar-refractivity contribution in [2.24, 2.45) is 0 Å². The highest BCUT2D eigenvalue weighted by Crippen LogP contribution is 2.22. The summed E-state index contributed by atoms with van der Waals surface area (Å²) in [5.41, 5.74) is 1.05. The van der Waals surface area contributed by atoms with Crippen LogP contribution in [0.25, 0.3) is 11.0 Å². The highest BCUT2D eigenvalue weighted by Gasteiger charge is 2.10. The Morgan fingerprint density at radius 2 is 2.31 bits per heavy atom. The summed E-state index contributed by atoms with van der Waals surface area (Å²) in [6.45, 7) is 1.65. The maximum atomic E-state index is 13.3. The largest absolute Gasteiger partial charge is 0.356 e. The molecule has 66 valence electrons. The van der Waals surface area contributed by atoms with Crippen molar-refractivity contribution in [3.63, 3.8) is 0 Å². The summed E-state index contributed by atoms with van der Waals surface area (Å²) in [5.74, 6) is -0.474. The van der Waals surface area contributed by atoms with Crippen LogP contribution in [-0.2, 0) is 0 Å². The maximum absolute atomic E-state index is 13.3. The topological polar surface area (TPSA) is 43.1 Å². The van der Waals surface area contributed by atoms with Gasteiger partial charge in [-0.15, -0.1) is 0 Å². The average molecular weight is 179 g/mol. The van der Waals surface area contributed by atoms with Gasteiger partial charge in [-0.3, -0.25) is 4.79 Å². The third-order valence-corrected chi connectivity index (χ3v) is 1.86. The van der Waals surface area contributed by atoms with E-state index in [1.54, 1.807) is 6.92 Å². The SMILES string of the molecule is Cc1noc2cc(C=O)cc(F)c12. The zero-order chi connectivity index (χ0) is 9.42. The Balaban J connectivity index is 2.86. The van der Waals surface area contributed by atoms with Gasteiger partial charge in [-0.1, -0.05) is 5.16 Å². The van der Waals surface area contributed by atoms with E-state index < -0.39 is 5.82 Å². The number of carbonyl (C=O) groups is 1. The van der Waals surface area contributed by atoms with Crippen molar-refractivity contribution in [2.75, 3.05) is 0 Å². The molecule has 2 rings (SSSR count). The molecule has 0 amide bonds. The zero-order valence-corrected chi connectivity index (χ0v) is 6.87. The van der Waals surface area contributed by atoms with E-state index in [-0.39, 0.29) is 5.56 Å². The fourth-order valence-electron chi connectivity index (χ4n) is 1.26. The Morgan fingerprint density at radius 1 is 1.54 bits per heavy atom. The highest BCUT2D eigenvalue weighted by molar-refractivity contribution is 5.87. The number of aldehydes is 1. The van der Waals surface area contributed by atoms with E-state index in [9.17, 15) is 9.18 Å². The lowest BCUT2D eigenvalue weighted by Gasteiger charge is -1.92. The first-order valence-corrected chi connectivity index (χ1v) is 3.73. The number of benzene rings is 1. The molecule has 2 aromatic rings. The summed E-state index contributed by atoms with van der Waals surface area (Å²) in [5, 5.41) is 3.94. The van der Waals surface area contributed by atoms with Gasteiger partial charge < -0.3 is 4.52 Å². The van der Waals surface area contributed by atoms with Gasteiger partial charge in [0.15, 0.2) is 5.58 Å². The summed E-state index contributed by atoms with van der Waals surface area (Å²) in [6, 6.07) is 2.63. The molecule has 0 N–H and O–H groups in total. The summed E-state index contributed by atoms with van der Waals surface area (Å²) < 4.78 is 18.1. The summed E-state index contributed by atoms with van der Waals surface area (Å²) in [7, 11) is 0. The number of nitrogens with zero attached hydrogens (tertiary/aromatic N) is 1. The van der Waals surface area contributed by atoms with Gasteiger partial charge in [0, 0.05) is 5.56 Å². The Labute approximate surface area is 73.1 Å². The number of aryl methyl sites for hydroxylation is 1. The molecule has 1 heterocycles. The van der Waals surface area contributed by atoms with E-state index in [0.717, 1.165) is 0 Å². The Bertz CT molecular complexity index is 476. The molecular formula is C9H6FNO2. The van der Waals surface area contributed by atoms with Gasteiger partial charge >= 0.3 is 0 Å². The van der Waals surface area contributed by atoms with Crippen molar-refractivity contribution in [1.29, 1.82) is 0 Å². The third kappa shape index (κ3) is 1.11. The molecule has 3 nitrogen and oxygen atoms in total. The molecule has 1 aromatic carbocycles. The van der Waals surface area contributed by atoms with Crippen molar-refractivity contribution in [3.8, 4) is 0 Å². The standard InChI is InChI=1S/C9H6FNO2/c1-5-9-7(10)2-6(4-12)3-8(9)13-11-5/h2-4H,1H3. The monoisotopic (exact) mass is 179 g/mol. The van der Waals surface area contributed by atoms with Crippen molar-refractivity contribution >= 4 is 17.3 Å². The van der Waals surface area contributed by atoms with Crippen LogP contribution >= 0.6 is 0 Å². The lowest BCUT2D eigenvalue weighted by molar-refractivity contribution is 0.112. The lowest BCUT2D eigenvalue weighted by Crippen LogP contribution is -1.84. The minimum Gasteiger partial charge on any atom is -0.356 e. The molecule has 0 aliphatic heterocycles.